The predicted octanol–water partition coefficient (Wildman–Crippen LogP) is 5.18. The minimum absolute atomic E-state index is 0.0181. The van der Waals surface area contributed by atoms with E-state index in [0.717, 1.165) is 16.9 Å². The minimum atomic E-state index is -0.636. The summed E-state index contributed by atoms with van der Waals surface area (Å²) in [5, 5.41) is 3.86. The first-order valence-electron chi connectivity index (χ1n) is 9.95. The van der Waals surface area contributed by atoms with Crippen molar-refractivity contribution in [3.05, 3.63) is 63.6 Å². The highest BCUT2D eigenvalue weighted by Crippen LogP contribution is 2.24. The third-order valence-corrected chi connectivity index (χ3v) is 6.18. The van der Waals surface area contributed by atoms with E-state index < -0.39 is 6.04 Å². The summed E-state index contributed by atoms with van der Waals surface area (Å²) < 4.78 is 5.17. The number of nitrogens with zero attached hydrogens (tertiary/aromatic N) is 1. The quantitative estimate of drug-likeness (QED) is 0.506. The van der Waals surface area contributed by atoms with Crippen molar-refractivity contribution in [3.63, 3.8) is 0 Å². The number of halogens is 2. The number of carbonyl (C=O) groups excluding carboxylic acids is 2. The van der Waals surface area contributed by atoms with Gasteiger partial charge in [0.2, 0.25) is 11.8 Å². The van der Waals surface area contributed by atoms with Gasteiger partial charge in [-0.1, -0.05) is 41.4 Å². The van der Waals surface area contributed by atoms with Gasteiger partial charge in [0, 0.05) is 28.4 Å². The number of nitrogens with one attached hydrogen (secondary N) is 1. The number of rotatable bonds is 10. The summed E-state index contributed by atoms with van der Waals surface area (Å²) >= 11 is 13.8. The van der Waals surface area contributed by atoms with E-state index >= 15 is 0 Å². The number of hydrogen-bond acceptors (Lipinski definition) is 4. The van der Waals surface area contributed by atoms with Gasteiger partial charge in [-0.3, -0.25) is 9.59 Å². The zero-order chi connectivity index (χ0) is 23.0. The number of thioether (sulfide) groups is 1. The lowest BCUT2D eigenvalue weighted by Gasteiger charge is -2.29. The van der Waals surface area contributed by atoms with Crippen LogP contribution in [0.2, 0.25) is 10.0 Å². The third-order valence-electron chi connectivity index (χ3n) is 4.61. The Morgan fingerprint density at radius 3 is 2.35 bits per heavy atom. The van der Waals surface area contributed by atoms with Crippen LogP contribution in [0, 0.1) is 0 Å². The first-order valence-corrected chi connectivity index (χ1v) is 11.9. The van der Waals surface area contributed by atoms with Crippen LogP contribution in [0.4, 0.5) is 0 Å². The number of amides is 2. The molecule has 0 saturated heterocycles. The molecule has 0 heterocycles. The van der Waals surface area contributed by atoms with Crippen LogP contribution in [0.3, 0.4) is 0 Å². The van der Waals surface area contributed by atoms with Gasteiger partial charge in [-0.25, -0.2) is 0 Å². The highest BCUT2D eigenvalue weighted by atomic mass is 35.5. The summed E-state index contributed by atoms with van der Waals surface area (Å²) in [5.41, 5.74) is 1.83. The summed E-state index contributed by atoms with van der Waals surface area (Å²) in [4.78, 5) is 27.3. The molecule has 5 nitrogen and oxygen atoms in total. The Hall–Kier alpha value is -1.89. The van der Waals surface area contributed by atoms with Gasteiger partial charge in [0.25, 0.3) is 0 Å². The molecule has 2 aromatic rings. The largest absolute Gasteiger partial charge is 0.497 e. The molecular weight excluding hydrogens is 455 g/mol. The summed E-state index contributed by atoms with van der Waals surface area (Å²) in [6.45, 7) is 5.73. The predicted molar refractivity (Wildman–Crippen MR) is 129 cm³/mol. The van der Waals surface area contributed by atoms with Crippen molar-refractivity contribution in [3.8, 4) is 5.75 Å². The van der Waals surface area contributed by atoms with Crippen LogP contribution in [0.5, 0.6) is 5.75 Å². The van der Waals surface area contributed by atoms with Gasteiger partial charge in [-0.05, 0) is 56.2 Å². The van der Waals surface area contributed by atoms with Crippen LogP contribution in [0.15, 0.2) is 42.5 Å². The van der Waals surface area contributed by atoms with Gasteiger partial charge >= 0.3 is 0 Å². The van der Waals surface area contributed by atoms with Crippen molar-refractivity contribution < 1.29 is 14.3 Å². The summed E-state index contributed by atoms with van der Waals surface area (Å²) in [6.07, 6.45) is 0. The van der Waals surface area contributed by atoms with Crippen molar-refractivity contribution in [2.45, 2.75) is 45.2 Å². The lowest BCUT2D eigenvalue weighted by Crippen LogP contribution is -2.49. The molecule has 0 aliphatic carbocycles. The molecule has 0 aliphatic rings. The van der Waals surface area contributed by atoms with Crippen LogP contribution < -0.4 is 10.1 Å². The Balaban J connectivity index is 2.09. The van der Waals surface area contributed by atoms with E-state index in [9.17, 15) is 9.59 Å². The lowest BCUT2D eigenvalue weighted by molar-refractivity contribution is -0.138. The van der Waals surface area contributed by atoms with Crippen molar-refractivity contribution in [2.75, 3.05) is 12.9 Å². The topological polar surface area (TPSA) is 58.6 Å². The summed E-state index contributed by atoms with van der Waals surface area (Å²) in [5.74, 6) is 1.39. The molecule has 168 valence electrons. The van der Waals surface area contributed by atoms with E-state index in [-0.39, 0.29) is 30.2 Å². The van der Waals surface area contributed by atoms with Gasteiger partial charge in [-0.2, -0.15) is 0 Å². The molecule has 0 saturated carbocycles. The SMILES string of the molecule is COc1ccc(CSCC(=O)N(Cc2ccc(Cl)cc2Cl)[C@H](C)C(=O)NC(C)C)cc1. The zero-order valence-electron chi connectivity index (χ0n) is 18.2. The first-order chi connectivity index (χ1) is 14.7. The smallest absolute Gasteiger partial charge is 0.242 e. The highest BCUT2D eigenvalue weighted by molar-refractivity contribution is 7.99. The van der Waals surface area contributed by atoms with Crippen LogP contribution in [0.1, 0.15) is 31.9 Å². The monoisotopic (exact) mass is 482 g/mol. The lowest BCUT2D eigenvalue weighted by atomic mass is 10.1. The van der Waals surface area contributed by atoms with Crippen molar-refractivity contribution in [1.82, 2.24) is 10.2 Å². The molecule has 0 bridgehead atoms. The number of benzene rings is 2. The van der Waals surface area contributed by atoms with E-state index in [2.05, 4.69) is 5.32 Å². The molecule has 0 unspecified atom stereocenters. The molecular formula is C23H28Cl2N2O3S. The van der Waals surface area contributed by atoms with Gasteiger partial charge < -0.3 is 15.0 Å². The molecule has 2 aromatic carbocycles. The Kier molecular flexibility index (Phi) is 10.0. The molecule has 0 aliphatic heterocycles. The first kappa shape index (κ1) is 25.4. The number of ether oxygens (including phenoxy) is 1. The molecule has 0 spiro atoms. The zero-order valence-corrected chi connectivity index (χ0v) is 20.5. The molecule has 0 aromatic heterocycles. The molecule has 1 atom stereocenters. The molecule has 0 fully saturated rings. The van der Waals surface area contributed by atoms with E-state index in [1.165, 1.54) is 11.8 Å². The number of hydrogen-bond donors (Lipinski definition) is 1. The van der Waals surface area contributed by atoms with Gasteiger partial charge in [-0.15, -0.1) is 11.8 Å². The average Bonchev–Trinajstić information content (AvgIpc) is 2.72. The standard InChI is InChI=1S/C23H28Cl2N2O3S/c1-15(2)26-23(29)16(3)27(12-18-7-8-19(24)11-21(18)25)22(28)14-31-13-17-5-9-20(30-4)10-6-17/h5-11,15-16H,12-14H2,1-4H3,(H,26,29)/t16-/m1/s1. The average molecular weight is 483 g/mol. The maximum atomic E-state index is 13.1. The van der Waals surface area contributed by atoms with Crippen LogP contribution in [-0.2, 0) is 21.9 Å². The second-order valence-corrected chi connectivity index (χ2v) is 9.27. The second kappa shape index (κ2) is 12.2. The van der Waals surface area contributed by atoms with Crippen molar-refractivity contribution in [2.24, 2.45) is 0 Å². The van der Waals surface area contributed by atoms with E-state index in [1.54, 1.807) is 37.1 Å². The summed E-state index contributed by atoms with van der Waals surface area (Å²) in [7, 11) is 1.63. The fourth-order valence-electron chi connectivity index (χ4n) is 2.88. The molecule has 1 N–H and O–H groups in total. The van der Waals surface area contributed by atoms with Crippen LogP contribution in [0.25, 0.3) is 0 Å². The van der Waals surface area contributed by atoms with E-state index in [0.29, 0.717) is 15.8 Å². The number of carbonyl (C=O) groups is 2. The van der Waals surface area contributed by atoms with Crippen molar-refractivity contribution in [1.29, 1.82) is 0 Å². The fourth-order valence-corrected chi connectivity index (χ4v) is 4.22. The maximum Gasteiger partial charge on any atom is 0.242 e. The molecule has 2 rings (SSSR count). The van der Waals surface area contributed by atoms with Gasteiger partial charge in [0.05, 0.1) is 12.9 Å². The second-order valence-electron chi connectivity index (χ2n) is 7.44. The maximum absolute atomic E-state index is 13.1. The Morgan fingerprint density at radius 1 is 1.10 bits per heavy atom. The van der Waals surface area contributed by atoms with Crippen LogP contribution >= 0.6 is 35.0 Å². The fraction of sp³-hybridized carbons (Fsp3) is 0.391. The minimum Gasteiger partial charge on any atom is -0.497 e. The molecule has 8 heteroatoms. The van der Waals surface area contributed by atoms with Gasteiger partial charge in [0.1, 0.15) is 11.8 Å². The summed E-state index contributed by atoms with van der Waals surface area (Å²) in [6, 6.07) is 12.2. The Bertz CT molecular complexity index is 891. The highest BCUT2D eigenvalue weighted by Gasteiger charge is 2.27. The molecule has 31 heavy (non-hydrogen) atoms. The van der Waals surface area contributed by atoms with Crippen LogP contribution in [-0.4, -0.2) is 41.7 Å². The Labute approximate surface area is 198 Å². The third kappa shape index (κ3) is 7.95. The normalized spacial score (nSPS) is 11.8. The van der Waals surface area contributed by atoms with E-state index in [1.807, 2.05) is 38.1 Å². The Morgan fingerprint density at radius 2 is 1.77 bits per heavy atom. The van der Waals surface area contributed by atoms with Gasteiger partial charge in [0.15, 0.2) is 0 Å². The molecule has 2 amide bonds. The van der Waals surface area contributed by atoms with E-state index in [4.69, 9.17) is 27.9 Å². The van der Waals surface area contributed by atoms with Crippen molar-refractivity contribution >= 4 is 46.8 Å². The number of methoxy groups -OCH3 is 1. The molecule has 0 radical (unpaired) electrons.